The van der Waals surface area contributed by atoms with Crippen LogP contribution in [0.15, 0.2) is 40.9 Å². The van der Waals surface area contributed by atoms with Gasteiger partial charge in [0.25, 0.3) is 5.91 Å². The molecule has 0 radical (unpaired) electrons. The summed E-state index contributed by atoms with van der Waals surface area (Å²) in [6.45, 7) is 3.51. The van der Waals surface area contributed by atoms with Crippen LogP contribution in [0.1, 0.15) is 24.4 Å². The SMILES string of the molecule is CN(CC(C)(C)O)C(=O)c1cc(-c2ccccc2)no1. The largest absolute Gasteiger partial charge is 0.389 e. The molecule has 0 aliphatic heterocycles. The molecule has 1 aromatic heterocycles. The van der Waals surface area contributed by atoms with E-state index in [1.165, 1.54) is 4.90 Å². The number of hydrogen-bond acceptors (Lipinski definition) is 4. The van der Waals surface area contributed by atoms with Crippen LogP contribution in [0.2, 0.25) is 0 Å². The molecule has 1 N–H and O–H groups in total. The molecule has 20 heavy (non-hydrogen) atoms. The van der Waals surface area contributed by atoms with Crippen LogP contribution < -0.4 is 0 Å². The zero-order chi connectivity index (χ0) is 14.8. The van der Waals surface area contributed by atoms with Gasteiger partial charge in [0.2, 0.25) is 5.76 Å². The summed E-state index contributed by atoms with van der Waals surface area (Å²) in [6.07, 6.45) is 0. The van der Waals surface area contributed by atoms with Crippen LogP contribution in [0.4, 0.5) is 0 Å². The Labute approximate surface area is 117 Å². The van der Waals surface area contributed by atoms with Crippen molar-refractivity contribution in [2.75, 3.05) is 13.6 Å². The highest BCUT2D eigenvalue weighted by Crippen LogP contribution is 2.19. The molecule has 0 bridgehead atoms. The minimum absolute atomic E-state index is 0.163. The molecule has 0 atom stereocenters. The Morgan fingerprint density at radius 2 is 2.00 bits per heavy atom. The van der Waals surface area contributed by atoms with Gasteiger partial charge in [-0.2, -0.15) is 0 Å². The number of benzene rings is 1. The quantitative estimate of drug-likeness (QED) is 0.928. The molecule has 5 heteroatoms. The van der Waals surface area contributed by atoms with E-state index in [1.807, 2.05) is 30.3 Å². The summed E-state index contributed by atoms with van der Waals surface area (Å²) >= 11 is 0. The van der Waals surface area contributed by atoms with Crippen LogP contribution in [-0.4, -0.2) is 40.3 Å². The van der Waals surface area contributed by atoms with Crippen LogP contribution in [0, 0.1) is 0 Å². The lowest BCUT2D eigenvalue weighted by atomic mass is 10.1. The van der Waals surface area contributed by atoms with Gasteiger partial charge < -0.3 is 14.5 Å². The van der Waals surface area contributed by atoms with Gasteiger partial charge in [-0.05, 0) is 13.8 Å². The first-order valence-corrected chi connectivity index (χ1v) is 6.37. The molecule has 2 rings (SSSR count). The van der Waals surface area contributed by atoms with E-state index in [1.54, 1.807) is 27.0 Å². The number of carbonyl (C=O) groups is 1. The predicted octanol–water partition coefficient (Wildman–Crippen LogP) is 2.18. The summed E-state index contributed by atoms with van der Waals surface area (Å²) in [5, 5.41) is 13.6. The highest BCUT2D eigenvalue weighted by Gasteiger charge is 2.23. The summed E-state index contributed by atoms with van der Waals surface area (Å²) in [7, 11) is 1.62. The third kappa shape index (κ3) is 3.45. The monoisotopic (exact) mass is 274 g/mol. The van der Waals surface area contributed by atoms with Crippen molar-refractivity contribution in [3.05, 3.63) is 42.2 Å². The third-order valence-electron chi connectivity index (χ3n) is 2.76. The minimum atomic E-state index is -0.952. The second kappa shape index (κ2) is 5.46. The van der Waals surface area contributed by atoms with E-state index in [0.717, 1.165) is 5.56 Å². The topological polar surface area (TPSA) is 66.6 Å². The molecular formula is C15H18N2O3. The molecule has 0 saturated carbocycles. The van der Waals surface area contributed by atoms with E-state index in [-0.39, 0.29) is 18.2 Å². The number of hydrogen-bond donors (Lipinski definition) is 1. The Balaban J connectivity index is 2.15. The Bertz CT molecular complexity index is 585. The fraction of sp³-hybridized carbons (Fsp3) is 0.333. The summed E-state index contributed by atoms with van der Waals surface area (Å²) in [4.78, 5) is 13.6. The fourth-order valence-corrected chi connectivity index (χ4v) is 1.96. The van der Waals surface area contributed by atoms with E-state index in [4.69, 9.17) is 4.52 Å². The number of likely N-dealkylation sites (N-methyl/N-ethyl adjacent to an activating group) is 1. The second-order valence-electron chi connectivity index (χ2n) is 5.42. The van der Waals surface area contributed by atoms with Gasteiger partial charge in [0.1, 0.15) is 5.69 Å². The Hall–Kier alpha value is -2.14. The lowest BCUT2D eigenvalue weighted by molar-refractivity contribution is 0.0347. The minimum Gasteiger partial charge on any atom is -0.389 e. The molecule has 0 fully saturated rings. The molecule has 5 nitrogen and oxygen atoms in total. The molecule has 106 valence electrons. The van der Waals surface area contributed by atoms with E-state index < -0.39 is 5.60 Å². The normalized spacial score (nSPS) is 11.4. The van der Waals surface area contributed by atoms with E-state index >= 15 is 0 Å². The zero-order valence-electron chi connectivity index (χ0n) is 11.8. The average molecular weight is 274 g/mol. The highest BCUT2D eigenvalue weighted by molar-refractivity contribution is 5.92. The van der Waals surface area contributed by atoms with Crippen LogP contribution in [-0.2, 0) is 0 Å². The Morgan fingerprint density at radius 3 is 2.60 bits per heavy atom. The summed E-state index contributed by atoms with van der Waals surface area (Å²) in [5.74, 6) is -0.141. The molecule has 1 heterocycles. The number of amides is 1. The van der Waals surface area contributed by atoms with Crippen molar-refractivity contribution in [3.63, 3.8) is 0 Å². The maximum atomic E-state index is 12.1. The predicted molar refractivity (Wildman–Crippen MR) is 75.2 cm³/mol. The summed E-state index contributed by atoms with van der Waals surface area (Å²) in [5.41, 5.74) is 0.554. The summed E-state index contributed by atoms with van der Waals surface area (Å²) < 4.78 is 5.09. The first-order chi connectivity index (χ1) is 9.37. The Kier molecular flexibility index (Phi) is 3.90. The van der Waals surface area contributed by atoms with Crippen molar-refractivity contribution in [1.82, 2.24) is 10.1 Å². The van der Waals surface area contributed by atoms with Gasteiger partial charge in [0.05, 0.1) is 5.60 Å². The molecule has 0 aliphatic rings. The van der Waals surface area contributed by atoms with Gasteiger partial charge in [-0.3, -0.25) is 4.79 Å². The molecule has 0 spiro atoms. The molecule has 0 saturated heterocycles. The van der Waals surface area contributed by atoms with E-state index in [9.17, 15) is 9.90 Å². The molecule has 0 unspecified atom stereocenters. The fourth-order valence-electron chi connectivity index (χ4n) is 1.96. The number of aromatic nitrogens is 1. The van der Waals surface area contributed by atoms with Crippen LogP contribution in [0.3, 0.4) is 0 Å². The van der Waals surface area contributed by atoms with E-state index in [0.29, 0.717) is 5.69 Å². The molecular weight excluding hydrogens is 256 g/mol. The first kappa shape index (κ1) is 14.3. The van der Waals surface area contributed by atoms with Crippen LogP contribution in [0.5, 0.6) is 0 Å². The zero-order valence-corrected chi connectivity index (χ0v) is 11.8. The van der Waals surface area contributed by atoms with Gasteiger partial charge in [-0.15, -0.1) is 0 Å². The molecule has 2 aromatic rings. The van der Waals surface area contributed by atoms with E-state index in [2.05, 4.69) is 5.16 Å². The van der Waals surface area contributed by atoms with Gasteiger partial charge >= 0.3 is 0 Å². The van der Waals surface area contributed by atoms with Crippen molar-refractivity contribution >= 4 is 5.91 Å². The number of rotatable bonds is 4. The van der Waals surface area contributed by atoms with Crippen molar-refractivity contribution in [1.29, 1.82) is 0 Å². The highest BCUT2D eigenvalue weighted by atomic mass is 16.5. The number of aliphatic hydroxyl groups is 1. The molecule has 1 aromatic carbocycles. The van der Waals surface area contributed by atoms with Gasteiger partial charge in [-0.25, -0.2) is 0 Å². The van der Waals surface area contributed by atoms with Crippen molar-refractivity contribution in [2.24, 2.45) is 0 Å². The standard InChI is InChI=1S/C15H18N2O3/c1-15(2,19)10-17(3)14(18)13-9-12(16-20-13)11-7-5-4-6-8-11/h4-9,19H,10H2,1-3H3. The molecule has 1 amide bonds. The van der Waals surface area contributed by atoms with Crippen LogP contribution in [0.25, 0.3) is 11.3 Å². The molecule has 0 aliphatic carbocycles. The maximum Gasteiger partial charge on any atom is 0.292 e. The smallest absolute Gasteiger partial charge is 0.292 e. The average Bonchev–Trinajstić information content (AvgIpc) is 2.86. The summed E-state index contributed by atoms with van der Waals surface area (Å²) in [6, 6.07) is 11.1. The maximum absolute atomic E-state index is 12.1. The van der Waals surface area contributed by atoms with Crippen molar-refractivity contribution < 1.29 is 14.4 Å². The number of nitrogens with zero attached hydrogens (tertiary/aromatic N) is 2. The Morgan fingerprint density at radius 1 is 1.35 bits per heavy atom. The van der Waals surface area contributed by atoms with Gasteiger partial charge in [-0.1, -0.05) is 35.5 Å². The lowest BCUT2D eigenvalue weighted by Gasteiger charge is -2.24. The van der Waals surface area contributed by atoms with Gasteiger partial charge in [0.15, 0.2) is 0 Å². The first-order valence-electron chi connectivity index (χ1n) is 6.37. The lowest BCUT2D eigenvalue weighted by Crippen LogP contribution is -2.39. The van der Waals surface area contributed by atoms with Crippen LogP contribution >= 0.6 is 0 Å². The van der Waals surface area contributed by atoms with Crippen molar-refractivity contribution in [2.45, 2.75) is 19.4 Å². The second-order valence-corrected chi connectivity index (χ2v) is 5.42. The number of carbonyl (C=O) groups excluding carboxylic acids is 1. The third-order valence-corrected chi connectivity index (χ3v) is 2.76. The van der Waals surface area contributed by atoms with Gasteiger partial charge in [0, 0.05) is 25.2 Å². The van der Waals surface area contributed by atoms with Crippen molar-refractivity contribution in [3.8, 4) is 11.3 Å².